The van der Waals surface area contributed by atoms with Crippen molar-refractivity contribution in [1.82, 2.24) is 4.90 Å². The summed E-state index contributed by atoms with van der Waals surface area (Å²) in [6, 6.07) is 0.661. The molecule has 0 aromatic heterocycles. The molecule has 0 bridgehead atoms. The molecule has 1 aliphatic rings. The molecule has 2 heteroatoms. The predicted molar refractivity (Wildman–Crippen MR) is 76.2 cm³/mol. The Bertz CT molecular complexity index is 182. The molecule has 2 unspecified atom stereocenters. The van der Waals surface area contributed by atoms with Gasteiger partial charge in [0.2, 0.25) is 0 Å². The summed E-state index contributed by atoms with van der Waals surface area (Å²) in [5.41, 5.74) is 5.95. The Kier molecular flexibility index (Phi) is 7.87. The molecule has 0 radical (unpaired) electrons. The molecule has 0 amide bonds. The fourth-order valence-electron chi connectivity index (χ4n) is 3.09. The highest BCUT2D eigenvalue weighted by Crippen LogP contribution is 2.24. The number of nitrogens with zero attached hydrogens (tertiary/aromatic N) is 1. The van der Waals surface area contributed by atoms with Gasteiger partial charge in [-0.2, -0.15) is 0 Å². The van der Waals surface area contributed by atoms with Gasteiger partial charge in [-0.3, -0.25) is 4.90 Å². The maximum Gasteiger partial charge on any atom is 0.0218 e. The van der Waals surface area contributed by atoms with Crippen LogP contribution in [0.25, 0.3) is 0 Å². The average molecular weight is 240 g/mol. The van der Waals surface area contributed by atoms with Crippen LogP contribution in [0.5, 0.6) is 0 Å². The zero-order valence-electron chi connectivity index (χ0n) is 12.0. The van der Waals surface area contributed by atoms with Gasteiger partial charge >= 0.3 is 0 Å². The lowest BCUT2D eigenvalue weighted by Gasteiger charge is -2.26. The third kappa shape index (κ3) is 5.39. The van der Waals surface area contributed by atoms with Crippen molar-refractivity contribution in [3.8, 4) is 0 Å². The van der Waals surface area contributed by atoms with Crippen LogP contribution in [0, 0.1) is 5.92 Å². The Morgan fingerprint density at radius 3 is 2.65 bits per heavy atom. The van der Waals surface area contributed by atoms with E-state index in [9.17, 15) is 0 Å². The van der Waals surface area contributed by atoms with Crippen LogP contribution in [-0.4, -0.2) is 30.6 Å². The summed E-state index contributed by atoms with van der Waals surface area (Å²) < 4.78 is 0. The minimum Gasteiger partial charge on any atom is -0.329 e. The molecule has 1 heterocycles. The van der Waals surface area contributed by atoms with Gasteiger partial charge in [0.05, 0.1) is 0 Å². The molecule has 0 aromatic carbocycles. The number of hydrogen-bond acceptors (Lipinski definition) is 2. The van der Waals surface area contributed by atoms with Crippen molar-refractivity contribution in [2.24, 2.45) is 11.7 Å². The molecule has 2 N–H and O–H groups in total. The van der Waals surface area contributed by atoms with Crippen LogP contribution in [0.2, 0.25) is 0 Å². The molecule has 102 valence electrons. The summed E-state index contributed by atoms with van der Waals surface area (Å²) in [5.74, 6) is 0.949. The molecule has 2 atom stereocenters. The highest BCUT2D eigenvalue weighted by Gasteiger charge is 2.26. The van der Waals surface area contributed by atoms with Gasteiger partial charge in [-0.15, -0.1) is 0 Å². The van der Waals surface area contributed by atoms with Gasteiger partial charge in [0.25, 0.3) is 0 Å². The van der Waals surface area contributed by atoms with Crippen LogP contribution in [0.15, 0.2) is 0 Å². The number of unbranched alkanes of at least 4 members (excludes halogenated alkanes) is 3. The van der Waals surface area contributed by atoms with E-state index in [0.717, 1.165) is 12.5 Å². The van der Waals surface area contributed by atoms with Crippen LogP contribution in [0.4, 0.5) is 0 Å². The van der Waals surface area contributed by atoms with Crippen LogP contribution >= 0.6 is 0 Å². The molecule has 0 aliphatic carbocycles. The van der Waals surface area contributed by atoms with Gasteiger partial charge in [-0.1, -0.05) is 46.0 Å². The Labute approximate surface area is 108 Å². The predicted octanol–water partition coefficient (Wildman–Crippen LogP) is 3.41. The quantitative estimate of drug-likeness (QED) is 0.626. The van der Waals surface area contributed by atoms with Gasteiger partial charge in [0, 0.05) is 19.1 Å². The summed E-state index contributed by atoms with van der Waals surface area (Å²) in [4.78, 5) is 2.66. The van der Waals surface area contributed by atoms with E-state index in [2.05, 4.69) is 18.7 Å². The normalized spacial score (nSPS) is 23.1. The summed E-state index contributed by atoms with van der Waals surface area (Å²) in [7, 11) is 0. The lowest BCUT2D eigenvalue weighted by molar-refractivity contribution is 0.221. The van der Waals surface area contributed by atoms with Crippen molar-refractivity contribution in [1.29, 1.82) is 0 Å². The SMILES string of the molecule is CCCCCCC(CN)N1CCC(CCC)C1. The highest BCUT2D eigenvalue weighted by atomic mass is 15.2. The van der Waals surface area contributed by atoms with E-state index in [1.807, 2.05) is 0 Å². The van der Waals surface area contributed by atoms with Crippen molar-refractivity contribution in [2.75, 3.05) is 19.6 Å². The molecule has 1 fully saturated rings. The van der Waals surface area contributed by atoms with E-state index in [1.54, 1.807) is 0 Å². The topological polar surface area (TPSA) is 29.3 Å². The van der Waals surface area contributed by atoms with E-state index in [4.69, 9.17) is 5.73 Å². The lowest BCUT2D eigenvalue weighted by atomic mass is 10.0. The van der Waals surface area contributed by atoms with E-state index in [-0.39, 0.29) is 0 Å². The number of hydrogen-bond donors (Lipinski definition) is 1. The molecule has 1 rings (SSSR count). The molecule has 0 spiro atoms. The first-order chi connectivity index (χ1) is 8.31. The second kappa shape index (κ2) is 8.93. The van der Waals surface area contributed by atoms with Gasteiger partial charge in [-0.25, -0.2) is 0 Å². The van der Waals surface area contributed by atoms with Crippen molar-refractivity contribution >= 4 is 0 Å². The molecular formula is C15H32N2. The number of rotatable bonds is 9. The Morgan fingerprint density at radius 2 is 2.00 bits per heavy atom. The standard InChI is InChI=1S/C15H32N2/c1-3-5-6-7-9-15(12-16)17-11-10-14(13-17)8-4-2/h14-15H,3-13,16H2,1-2H3. The minimum atomic E-state index is 0.661. The van der Waals surface area contributed by atoms with Crippen molar-refractivity contribution in [3.63, 3.8) is 0 Å². The molecule has 0 aromatic rings. The van der Waals surface area contributed by atoms with Crippen molar-refractivity contribution < 1.29 is 0 Å². The summed E-state index contributed by atoms with van der Waals surface area (Å²) in [6.45, 7) is 8.03. The largest absolute Gasteiger partial charge is 0.329 e. The molecule has 0 saturated carbocycles. The monoisotopic (exact) mass is 240 g/mol. The fourth-order valence-corrected chi connectivity index (χ4v) is 3.09. The zero-order valence-corrected chi connectivity index (χ0v) is 12.0. The third-order valence-corrected chi connectivity index (χ3v) is 4.19. The molecule has 1 saturated heterocycles. The van der Waals surface area contributed by atoms with E-state index in [0.29, 0.717) is 6.04 Å². The number of likely N-dealkylation sites (tertiary alicyclic amines) is 1. The molecule has 2 nitrogen and oxygen atoms in total. The Morgan fingerprint density at radius 1 is 1.18 bits per heavy atom. The third-order valence-electron chi connectivity index (χ3n) is 4.19. The molecular weight excluding hydrogens is 208 g/mol. The Hall–Kier alpha value is -0.0800. The summed E-state index contributed by atoms with van der Waals surface area (Å²) >= 11 is 0. The van der Waals surface area contributed by atoms with E-state index >= 15 is 0 Å². The first-order valence-electron chi connectivity index (χ1n) is 7.75. The highest BCUT2D eigenvalue weighted by molar-refractivity contribution is 4.81. The first-order valence-corrected chi connectivity index (χ1v) is 7.75. The summed E-state index contributed by atoms with van der Waals surface area (Å²) in [6.07, 6.45) is 10.9. The van der Waals surface area contributed by atoms with Gasteiger partial charge in [0.1, 0.15) is 0 Å². The minimum absolute atomic E-state index is 0.661. The van der Waals surface area contributed by atoms with E-state index < -0.39 is 0 Å². The Balaban J connectivity index is 2.21. The zero-order chi connectivity index (χ0) is 12.5. The van der Waals surface area contributed by atoms with Crippen LogP contribution < -0.4 is 5.73 Å². The first kappa shape index (κ1) is 15.0. The maximum atomic E-state index is 5.95. The summed E-state index contributed by atoms with van der Waals surface area (Å²) in [5, 5.41) is 0. The van der Waals surface area contributed by atoms with Gasteiger partial charge < -0.3 is 5.73 Å². The van der Waals surface area contributed by atoms with Gasteiger partial charge in [-0.05, 0) is 31.7 Å². The fraction of sp³-hybridized carbons (Fsp3) is 1.00. The smallest absolute Gasteiger partial charge is 0.0218 e. The average Bonchev–Trinajstić information content (AvgIpc) is 2.78. The van der Waals surface area contributed by atoms with Crippen molar-refractivity contribution in [2.45, 2.75) is 71.3 Å². The lowest BCUT2D eigenvalue weighted by Crippen LogP contribution is -2.39. The van der Waals surface area contributed by atoms with Crippen molar-refractivity contribution in [3.05, 3.63) is 0 Å². The second-order valence-electron chi connectivity index (χ2n) is 5.68. The maximum absolute atomic E-state index is 5.95. The van der Waals surface area contributed by atoms with Crippen LogP contribution in [0.1, 0.15) is 65.2 Å². The molecule has 17 heavy (non-hydrogen) atoms. The van der Waals surface area contributed by atoms with Crippen LogP contribution in [0.3, 0.4) is 0 Å². The van der Waals surface area contributed by atoms with Crippen LogP contribution in [-0.2, 0) is 0 Å². The molecule has 1 aliphatic heterocycles. The van der Waals surface area contributed by atoms with Gasteiger partial charge in [0.15, 0.2) is 0 Å². The van der Waals surface area contributed by atoms with E-state index in [1.165, 1.54) is 64.5 Å². The number of nitrogens with two attached hydrogens (primary N) is 1. The second-order valence-corrected chi connectivity index (χ2v) is 5.68.